The average Bonchev–Trinajstić information content (AvgIpc) is 2.48. The number of amides is 1. The summed E-state index contributed by atoms with van der Waals surface area (Å²) < 4.78 is 6.02. The van der Waals surface area contributed by atoms with Crippen LogP contribution in [-0.4, -0.2) is 12.0 Å². The van der Waals surface area contributed by atoms with Crippen molar-refractivity contribution in [2.75, 3.05) is 5.32 Å². The molecule has 1 N–H and O–H groups in total. The zero-order valence-corrected chi connectivity index (χ0v) is 11.4. The Morgan fingerprint density at radius 3 is 2.95 bits per heavy atom. The molecule has 1 aliphatic carbocycles. The molecular formula is C16H18N2O2. The van der Waals surface area contributed by atoms with E-state index in [0.717, 1.165) is 49.1 Å². The van der Waals surface area contributed by atoms with Crippen LogP contribution in [0.15, 0.2) is 18.2 Å². The molecule has 0 saturated heterocycles. The molecule has 2 aliphatic rings. The van der Waals surface area contributed by atoms with Gasteiger partial charge in [-0.15, -0.1) is 0 Å². The number of anilines is 1. The highest BCUT2D eigenvalue weighted by Crippen LogP contribution is 2.31. The van der Waals surface area contributed by atoms with Gasteiger partial charge >= 0.3 is 0 Å². The van der Waals surface area contributed by atoms with Crippen LogP contribution in [0.3, 0.4) is 0 Å². The molecule has 4 heteroatoms. The van der Waals surface area contributed by atoms with E-state index in [1.54, 1.807) is 0 Å². The number of benzene rings is 1. The Balaban J connectivity index is 1.75. The number of hydrogen-bond acceptors (Lipinski definition) is 3. The van der Waals surface area contributed by atoms with Crippen molar-refractivity contribution in [3.05, 3.63) is 23.8 Å². The van der Waals surface area contributed by atoms with Gasteiger partial charge in [0.15, 0.2) is 0 Å². The fraction of sp³-hybridized carbons (Fsp3) is 0.500. The molecule has 20 heavy (non-hydrogen) atoms. The second kappa shape index (κ2) is 5.54. The van der Waals surface area contributed by atoms with E-state index in [1.165, 1.54) is 0 Å². The van der Waals surface area contributed by atoms with Crippen LogP contribution in [-0.2, 0) is 11.2 Å². The Morgan fingerprint density at radius 1 is 1.25 bits per heavy atom. The number of hydrogen-bond donors (Lipinski definition) is 1. The summed E-state index contributed by atoms with van der Waals surface area (Å²) in [7, 11) is 0. The van der Waals surface area contributed by atoms with Gasteiger partial charge in [-0.3, -0.25) is 4.79 Å². The maximum absolute atomic E-state index is 11.3. The van der Waals surface area contributed by atoms with Gasteiger partial charge < -0.3 is 10.1 Å². The third kappa shape index (κ3) is 2.62. The second-order valence-corrected chi connectivity index (χ2v) is 5.54. The quantitative estimate of drug-likeness (QED) is 0.898. The fourth-order valence-corrected chi connectivity index (χ4v) is 2.99. The van der Waals surface area contributed by atoms with Crippen molar-refractivity contribution in [3.63, 3.8) is 0 Å². The summed E-state index contributed by atoms with van der Waals surface area (Å²) in [6.07, 6.45) is 5.42. The van der Waals surface area contributed by atoms with E-state index in [0.29, 0.717) is 6.42 Å². The van der Waals surface area contributed by atoms with Crippen molar-refractivity contribution in [2.45, 2.75) is 44.6 Å². The largest absolute Gasteiger partial charge is 0.489 e. The fourth-order valence-electron chi connectivity index (χ4n) is 2.99. The molecule has 0 radical (unpaired) electrons. The number of fused-ring (bicyclic) bond motifs is 1. The summed E-state index contributed by atoms with van der Waals surface area (Å²) in [6.45, 7) is 0. The van der Waals surface area contributed by atoms with Crippen molar-refractivity contribution in [2.24, 2.45) is 5.92 Å². The monoisotopic (exact) mass is 270 g/mol. The van der Waals surface area contributed by atoms with Crippen molar-refractivity contribution in [3.8, 4) is 11.8 Å². The van der Waals surface area contributed by atoms with Crippen molar-refractivity contribution < 1.29 is 9.53 Å². The van der Waals surface area contributed by atoms with E-state index < -0.39 is 0 Å². The van der Waals surface area contributed by atoms with Gasteiger partial charge in [0.05, 0.1) is 12.0 Å². The third-order valence-electron chi connectivity index (χ3n) is 4.13. The zero-order chi connectivity index (χ0) is 13.9. The van der Waals surface area contributed by atoms with E-state index in [2.05, 4.69) is 11.4 Å². The summed E-state index contributed by atoms with van der Waals surface area (Å²) in [6, 6.07) is 8.14. The molecule has 1 fully saturated rings. The van der Waals surface area contributed by atoms with E-state index in [-0.39, 0.29) is 17.9 Å². The number of carbonyl (C=O) groups is 1. The first-order valence-electron chi connectivity index (χ1n) is 7.25. The molecule has 1 amide bonds. The molecule has 0 aromatic heterocycles. The van der Waals surface area contributed by atoms with Crippen LogP contribution in [0.25, 0.3) is 0 Å². The second-order valence-electron chi connectivity index (χ2n) is 5.54. The minimum atomic E-state index is -0.000477. The minimum Gasteiger partial charge on any atom is -0.489 e. The first-order chi connectivity index (χ1) is 9.76. The number of rotatable bonds is 2. The Bertz CT molecular complexity index is 562. The van der Waals surface area contributed by atoms with Gasteiger partial charge in [-0.2, -0.15) is 5.26 Å². The van der Waals surface area contributed by atoms with Crippen molar-refractivity contribution in [1.82, 2.24) is 0 Å². The van der Waals surface area contributed by atoms with Gasteiger partial charge in [0.1, 0.15) is 11.9 Å². The Labute approximate surface area is 118 Å². The van der Waals surface area contributed by atoms with Gasteiger partial charge in [0.2, 0.25) is 5.91 Å². The number of ether oxygens (including phenoxy) is 1. The molecular weight excluding hydrogens is 252 g/mol. The topological polar surface area (TPSA) is 62.1 Å². The summed E-state index contributed by atoms with van der Waals surface area (Å²) >= 11 is 0. The number of aryl methyl sites for hydroxylation is 1. The SMILES string of the molecule is N#CC1CCCCC1Oc1ccc2c(c1)CCC(=O)N2. The third-order valence-corrected chi connectivity index (χ3v) is 4.13. The average molecular weight is 270 g/mol. The Kier molecular flexibility index (Phi) is 3.60. The summed E-state index contributed by atoms with van der Waals surface area (Å²) in [5.74, 6) is 0.884. The highest BCUT2D eigenvalue weighted by Gasteiger charge is 2.27. The summed E-state index contributed by atoms with van der Waals surface area (Å²) in [5.41, 5.74) is 2.00. The number of nitrogens with one attached hydrogen (secondary N) is 1. The lowest BCUT2D eigenvalue weighted by atomic mass is 9.87. The Morgan fingerprint density at radius 2 is 2.10 bits per heavy atom. The molecule has 1 aromatic carbocycles. The molecule has 104 valence electrons. The van der Waals surface area contributed by atoms with Crippen LogP contribution < -0.4 is 10.1 Å². The minimum absolute atomic E-state index is 0.000477. The predicted molar refractivity (Wildman–Crippen MR) is 75.4 cm³/mol. The molecule has 0 spiro atoms. The van der Waals surface area contributed by atoms with Gasteiger partial charge in [-0.05, 0) is 49.4 Å². The molecule has 2 unspecified atom stereocenters. The molecule has 1 aliphatic heterocycles. The lowest BCUT2D eigenvalue weighted by Gasteiger charge is -2.28. The van der Waals surface area contributed by atoms with Gasteiger partial charge in [0.25, 0.3) is 0 Å². The standard InChI is InChI=1S/C16H18N2O2/c17-10-12-3-1-2-4-15(12)20-13-6-7-14-11(9-13)5-8-16(19)18-14/h6-7,9,12,15H,1-5,8H2,(H,18,19). The molecule has 1 saturated carbocycles. The van der Waals surface area contributed by atoms with E-state index in [4.69, 9.17) is 4.74 Å². The van der Waals surface area contributed by atoms with E-state index in [9.17, 15) is 10.1 Å². The highest BCUT2D eigenvalue weighted by atomic mass is 16.5. The van der Waals surface area contributed by atoms with Crippen LogP contribution in [0.1, 0.15) is 37.7 Å². The van der Waals surface area contributed by atoms with Crippen LogP contribution in [0.2, 0.25) is 0 Å². The van der Waals surface area contributed by atoms with Crippen LogP contribution in [0, 0.1) is 17.2 Å². The summed E-state index contributed by atoms with van der Waals surface area (Å²) in [4.78, 5) is 11.3. The Hall–Kier alpha value is -2.02. The smallest absolute Gasteiger partial charge is 0.224 e. The lowest BCUT2D eigenvalue weighted by Crippen LogP contribution is -2.29. The lowest BCUT2D eigenvalue weighted by molar-refractivity contribution is -0.116. The molecule has 1 aromatic rings. The van der Waals surface area contributed by atoms with Gasteiger partial charge in [-0.25, -0.2) is 0 Å². The van der Waals surface area contributed by atoms with E-state index in [1.807, 2.05) is 18.2 Å². The van der Waals surface area contributed by atoms with Crippen LogP contribution >= 0.6 is 0 Å². The van der Waals surface area contributed by atoms with Gasteiger partial charge in [0, 0.05) is 12.1 Å². The first-order valence-corrected chi connectivity index (χ1v) is 7.25. The number of carbonyl (C=O) groups excluding carboxylic acids is 1. The number of nitrogens with zero attached hydrogens (tertiary/aromatic N) is 1. The van der Waals surface area contributed by atoms with E-state index >= 15 is 0 Å². The first kappa shape index (κ1) is 13.0. The molecule has 2 atom stereocenters. The highest BCUT2D eigenvalue weighted by molar-refractivity contribution is 5.93. The van der Waals surface area contributed by atoms with Gasteiger partial charge in [-0.1, -0.05) is 6.42 Å². The van der Waals surface area contributed by atoms with Crippen molar-refractivity contribution >= 4 is 11.6 Å². The zero-order valence-electron chi connectivity index (χ0n) is 11.4. The van der Waals surface area contributed by atoms with Crippen molar-refractivity contribution in [1.29, 1.82) is 5.26 Å². The van der Waals surface area contributed by atoms with Crippen LogP contribution in [0.5, 0.6) is 5.75 Å². The maximum atomic E-state index is 11.3. The molecule has 0 bridgehead atoms. The maximum Gasteiger partial charge on any atom is 0.224 e. The summed E-state index contributed by atoms with van der Waals surface area (Å²) in [5, 5.41) is 12.0. The van der Waals surface area contributed by atoms with Crippen LogP contribution in [0.4, 0.5) is 5.69 Å². The predicted octanol–water partition coefficient (Wildman–Crippen LogP) is 3.03. The molecule has 4 nitrogen and oxygen atoms in total. The molecule has 1 heterocycles. The molecule has 3 rings (SSSR count). The number of nitriles is 1. The normalized spacial score (nSPS) is 25.2.